The summed E-state index contributed by atoms with van der Waals surface area (Å²) in [4.78, 5) is 14.6. The summed E-state index contributed by atoms with van der Waals surface area (Å²) in [7, 11) is 0. The number of nitro groups is 1. The van der Waals surface area contributed by atoms with Crippen molar-refractivity contribution in [2.45, 2.75) is 26.8 Å². The molecule has 1 rings (SSSR count). The van der Waals surface area contributed by atoms with Gasteiger partial charge in [0.1, 0.15) is 0 Å². The van der Waals surface area contributed by atoms with Crippen molar-refractivity contribution in [2.75, 3.05) is 16.8 Å². The van der Waals surface area contributed by atoms with Crippen molar-refractivity contribution in [1.29, 1.82) is 0 Å². The molecule has 0 fully saturated rings. The molecule has 0 aromatic carbocycles. The largest absolute Gasteiger partial charge is 0.361 e. The Hall–Kier alpha value is -1.30. The highest BCUT2D eigenvalue weighted by molar-refractivity contribution is 7.99. The number of aryl methyl sites for hydroxylation is 1. The second-order valence-electron chi connectivity index (χ2n) is 3.84. The molecule has 1 aromatic heterocycles. The van der Waals surface area contributed by atoms with E-state index in [-0.39, 0.29) is 11.7 Å². The van der Waals surface area contributed by atoms with Crippen LogP contribution >= 0.6 is 11.8 Å². The second-order valence-corrected chi connectivity index (χ2v) is 5.16. The average molecular weight is 255 g/mol. The van der Waals surface area contributed by atoms with Crippen LogP contribution in [-0.2, 0) is 0 Å². The Labute approximate surface area is 105 Å². The Balaban J connectivity index is 2.79. The minimum absolute atomic E-state index is 0.0401. The van der Waals surface area contributed by atoms with Gasteiger partial charge in [0.2, 0.25) is 5.82 Å². The number of anilines is 1. The molecule has 0 saturated heterocycles. The molecule has 0 aliphatic heterocycles. The summed E-state index contributed by atoms with van der Waals surface area (Å²) in [5.74, 6) is 2.29. The van der Waals surface area contributed by atoms with Crippen molar-refractivity contribution in [3.63, 3.8) is 0 Å². The number of hydrogen-bond acceptors (Lipinski definition) is 5. The molecule has 6 heteroatoms. The Morgan fingerprint density at radius 1 is 1.65 bits per heavy atom. The lowest BCUT2D eigenvalue weighted by Gasteiger charge is -2.13. The number of nitrogens with zero attached hydrogens (tertiary/aromatic N) is 2. The minimum atomic E-state index is -0.401. The average Bonchev–Trinajstić information content (AvgIpc) is 2.28. The first-order chi connectivity index (χ1) is 8.04. The zero-order valence-electron chi connectivity index (χ0n) is 10.3. The summed E-state index contributed by atoms with van der Waals surface area (Å²) < 4.78 is 0. The number of aromatic nitrogens is 1. The zero-order valence-corrected chi connectivity index (χ0v) is 11.1. The van der Waals surface area contributed by atoms with Crippen LogP contribution in [0.1, 0.15) is 19.4 Å². The highest BCUT2D eigenvalue weighted by Gasteiger charge is 2.16. The summed E-state index contributed by atoms with van der Waals surface area (Å²) in [6, 6.07) is 1.70. The molecular formula is C11H17N3O2S. The maximum absolute atomic E-state index is 10.9. The van der Waals surface area contributed by atoms with Crippen LogP contribution in [0.4, 0.5) is 11.5 Å². The highest BCUT2D eigenvalue weighted by atomic mass is 32.2. The molecule has 1 N–H and O–H groups in total. The maximum atomic E-state index is 10.9. The molecule has 0 saturated carbocycles. The van der Waals surface area contributed by atoms with Gasteiger partial charge in [0.15, 0.2) is 0 Å². The molecule has 0 spiro atoms. The van der Waals surface area contributed by atoms with Gasteiger partial charge in [0, 0.05) is 24.1 Å². The van der Waals surface area contributed by atoms with Crippen molar-refractivity contribution >= 4 is 23.3 Å². The number of hydrogen-bond donors (Lipinski definition) is 1. The number of pyridine rings is 1. The van der Waals surface area contributed by atoms with Crippen LogP contribution in [0.5, 0.6) is 0 Å². The van der Waals surface area contributed by atoms with Crippen molar-refractivity contribution in [2.24, 2.45) is 0 Å². The van der Waals surface area contributed by atoms with Crippen LogP contribution in [0.2, 0.25) is 0 Å². The Bertz CT molecular complexity index is 398. The number of thioether (sulfide) groups is 1. The topological polar surface area (TPSA) is 68.1 Å². The molecule has 94 valence electrons. The fourth-order valence-corrected chi connectivity index (χ4v) is 2.05. The predicted octanol–water partition coefficient (Wildman–Crippen LogP) is 2.85. The third-order valence-corrected chi connectivity index (χ3v) is 3.30. The molecule has 5 nitrogen and oxygen atoms in total. The molecule has 0 bridgehead atoms. The van der Waals surface area contributed by atoms with Crippen molar-refractivity contribution in [3.05, 3.63) is 27.9 Å². The second kappa shape index (κ2) is 6.44. The summed E-state index contributed by atoms with van der Waals surface area (Å²) in [6.07, 6.45) is 1.63. The normalized spacial score (nSPS) is 12.2. The van der Waals surface area contributed by atoms with Gasteiger partial charge < -0.3 is 5.32 Å². The molecule has 0 radical (unpaired) electrons. The summed E-state index contributed by atoms with van der Waals surface area (Å²) in [6.45, 7) is 5.87. The van der Waals surface area contributed by atoms with E-state index in [1.807, 2.05) is 6.92 Å². The van der Waals surface area contributed by atoms with Gasteiger partial charge in [0.05, 0.1) is 4.92 Å². The molecular weight excluding hydrogens is 238 g/mol. The lowest BCUT2D eigenvalue weighted by molar-refractivity contribution is -0.384. The third kappa shape index (κ3) is 4.22. The van der Waals surface area contributed by atoms with Gasteiger partial charge in [0.25, 0.3) is 0 Å². The first-order valence-corrected chi connectivity index (χ1v) is 6.65. The van der Waals surface area contributed by atoms with Gasteiger partial charge in [-0.25, -0.2) is 4.98 Å². The van der Waals surface area contributed by atoms with Gasteiger partial charge in [-0.05, 0) is 25.2 Å². The van der Waals surface area contributed by atoms with E-state index in [0.717, 1.165) is 17.1 Å². The SMILES string of the molecule is CCSCC(C)Nc1ncc(C)cc1[N+](=O)[O-]. The lowest BCUT2D eigenvalue weighted by atomic mass is 10.2. The summed E-state index contributed by atoms with van der Waals surface area (Å²) in [5, 5.41) is 14.0. The maximum Gasteiger partial charge on any atom is 0.311 e. The summed E-state index contributed by atoms with van der Waals surface area (Å²) >= 11 is 1.79. The molecule has 17 heavy (non-hydrogen) atoms. The number of rotatable bonds is 6. The van der Waals surface area contributed by atoms with Crippen LogP contribution in [0.15, 0.2) is 12.3 Å². The van der Waals surface area contributed by atoms with E-state index in [1.165, 1.54) is 6.07 Å². The molecule has 1 atom stereocenters. The predicted molar refractivity (Wildman–Crippen MR) is 71.7 cm³/mol. The van der Waals surface area contributed by atoms with Crippen LogP contribution < -0.4 is 5.32 Å². The van der Waals surface area contributed by atoms with Gasteiger partial charge >= 0.3 is 5.69 Å². The van der Waals surface area contributed by atoms with Gasteiger partial charge in [-0.3, -0.25) is 10.1 Å². The van der Waals surface area contributed by atoms with E-state index in [0.29, 0.717) is 5.82 Å². The van der Waals surface area contributed by atoms with Gasteiger partial charge in [-0.2, -0.15) is 11.8 Å². The van der Waals surface area contributed by atoms with E-state index >= 15 is 0 Å². The first kappa shape index (κ1) is 13.8. The Morgan fingerprint density at radius 3 is 2.94 bits per heavy atom. The van der Waals surface area contributed by atoms with E-state index in [2.05, 4.69) is 17.2 Å². The minimum Gasteiger partial charge on any atom is -0.361 e. The Morgan fingerprint density at radius 2 is 2.35 bits per heavy atom. The van der Waals surface area contributed by atoms with E-state index in [1.54, 1.807) is 24.9 Å². The van der Waals surface area contributed by atoms with Crippen LogP contribution in [-0.4, -0.2) is 27.5 Å². The highest BCUT2D eigenvalue weighted by Crippen LogP contribution is 2.23. The molecule has 1 aromatic rings. The van der Waals surface area contributed by atoms with Crippen molar-refractivity contribution in [3.8, 4) is 0 Å². The van der Waals surface area contributed by atoms with Gasteiger partial charge in [-0.15, -0.1) is 0 Å². The van der Waals surface area contributed by atoms with Crippen LogP contribution in [0.3, 0.4) is 0 Å². The lowest BCUT2D eigenvalue weighted by Crippen LogP contribution is -2.19. The molecule has 0 aliphatic rings. The summed E-state index contributed by atoms with van der Waals surface area (Å²) in [5.41, 5.74) is 0.830. The fraction of sp³-hybridized carbons (Fsp3) is 0.545. The monoisotopic (exact) mass is 255 g/mol. The standard InChI is InChI=1S/C11H17N3O2S/c1-4-17-7-9(3)13-11-10(14(15)16)5-8(2)6-12-11/h5-6,9H,4,7H2,1-3H3,(H,12,13). The third-order valence-electron chi connectivity index (χ3n) is 2.16. The van der Waals surface area contributed by atoms with E-state index < -0.39 is 4.92 Å². The quantitative estimate of drug-likeness (QED) is 0.625. The van der Waals surface area contributed by atoms with E-state index in [4.69, 9.17) is 0 Å². The fourth-order valence-electron chi connectivity index (χ4n) is 1.37. The molecule has 0 aliphatic carbocycles. The van der Waals surface area contributed by atoms with Crippen LogP contribution in [0, 0.1) is 17.0 Å². The van der Waals surface area contributed by atoms with Crippen molar-refractivity contribution in [1.82, 2.24) is 4.98 Å². The van der Waals surface area contributed by atoms with E-state index in [9.17, 15) is 10.1 Å². The molecule has 1 heterocycles. The zero-order chi connectivity index (χ0) is 12.8. The first-order valence-electron chi connectivity index (χ1n) is 5.50. The molecule has 1 unspecified atom stereocenters. The number of nitrogens with one attached hydrogen (secondary N) is 1. The van der Waals surface area contributed by atoms with Crippen molar-refractivity contribution < 1.29 is 4.92 Å². The molecule has 0 amide bonds. The van der Waals surface area contributed by atoms with Gasteiger partial charge in [-0.1, -0.05) is 6.92 Å². The smallest absolute Gasteiger partial charge is 0.311 e. The Kier molecular flexibility index (Phi) is 5.21. The van der Waals surface area contributed by atoms with Crippen LogP contribution in [0.25, 0.3) is 0 Å².